The van der Waals surface area contributed by atoms with Crippen LogP contribution in [0.2, 0.25) is 0 Å². The topological polar surface area (TPSA) is 74.7 Å². The van der Waals surface area contributed by atoms with Crippen LogP contribution in [0.1, 0.15) is 16.8 Å². The maximum absolute atomic E-state index is 12.8. The van der Waals surface area contributed by atoms with Gasteiger partial charge in [0.1, 0.15) is 0 Å². The molecule has 1 saturated heterocycles. The fraction of sp³-hybridized carbons (Fsp3) is 0.438. The van der Waals surface area contributed by atoms with Crippen molar-refractivity contribution in [2.45, 2.75) is 16.1 Å². The monoisotopic (exact) mass is 441 g/mol. The largest absolute Gasteiger partial charge is 0.478 e. The first kappa shape index (κ1) is 15.3. The van der Waals surface area contributed by atoms with E-state index in [9.17, 15) is 14.4 Å². The highest BCUT2D eigenvalue weighted by Crippen LogP contribution is 2.60. The van der Waals surface area contributed by atoms with Crippen molar-refractivity contribution in [1.82, 2.24) is 0 Å². The highest BCUT2D eigenvalue weighted by molar-refractivity contribution is 9.12. The second kappa shape index (κ2) is 5.14. The highest BCUT2D eigenvalue weighted by atomic mass is 79.9. The zero-order valence-electron chi connectivity index (χ0n) is 11.9. The summed E-state index contributed by atoms with van der Waals surface area (Å²) in [5.74, 6) is -1.51. The average molecular weight is 443 g/mol. The minimum atomic E-state index is -1.03. The summed E-state index contributed by atoms with van der Waals surface area (Å²) >= 11 is 7.30. The van der Waals surface area contributed by atoms with Gasteiger partial charge in [-0.15, -0.1) is 0 Å². The number of hydrogen-bond acceptors (Lipinski definition) is 3. The summed E-state index contributed by atoms with van der Waals surface area (Å²) in [5.41, 5.74) is 0.588. The van der Waals surface area contributed by atoms with E-state index in [0.29, 0.717) is 5.69 Å². The van der Waals surface area contributed by atoms with Crippen LogP contribution in [0.5, 0.6) is 0 Å². The van der Waals surface area contributed by atoms with Gasteiger partial charge in [-0.25, -0.2) is 4.79 Å². The highest BCUT2D eigenvalue weighted by Gasteiger charge is 2.66. The molecule has 6 atom stereocenters. The summed E-state index contributed by atoms with van der Waals surface area (Å²) in [6.07, 6.45) is 0.893. The van der Waals surface area contributed by atoms with Crippen LogP contribution in [-0.2, 0) is 9.59 Å². The molecule has 1 N–H and O–H groups in total. The number of halogens is 2. The van der Waals surface area contributed by atoms with E-state index in [1.165, 1.54) is 29.2 Å². The molecule has 2 bridgehead atoms. The summed E-state index contributed by atoms with van der Waals surface area (Å²) in [6.45, 7) is 0. The Morgan fingerprint density at radius 3 is 1.91 bits per heavy atom. The van der Waals surface area contributed by atoms with Crippen molar-refractivity contribution >= 4 is 55.3 Å². The van der Waals surface area contributed by atoms with E-state index in [4.69, 9.17) is 5.11 Å². The number of benzene rings is 1. The predicted octanol–water partition coefficient (Wildman–Crippen LogP) is 2.67. The van der Waals surface area contributed by atoms with Gasteiger partial charge in [0.15, 0.2) is 0 Å². The zero-order chi connectivity index (χ0) is 16.5. The normalized spacial score (nSPS) is 38.3. The molecule has 3 aliphatic rings. The average Bonchev–Trinajstić information content (AvgIpc) is 3.12. The van der Waals surface area contributed by atoms with Crippen molar-refractivity contribution in [3.63, 3.8) is 0 Å². The van der Waals surface area contributed by atoms with Gasteiger partial charge in [-0.05, 0) is 42.5 Å². The van der Waals surface area contributed by atoms with Gasteiger partial charge in [0.2, 0.25) is 11.8 Å². The molecule has 4 rings (SSSR count). The fourth-order valence-corrected chi connectivity index (χ4v) is 6.23. The molecule has 5 nitrogen and oxygen atoms in total. The number of amides is 2. The molecule has 1 aromatic rings. The molecule has 1 heterocycles. The number of imide groups is 1. The van der Waals surface area contributed by atoms with E-state index in [-0.39, 0.29) is 50.7 Å². The molecule has 0 radical (unpaired) electrons. The van der Waals surface area contributed by atoms with E-state index in [2.05, 4.69) is 31.9 Å². The molecule has 1 aliphatic heterocycles. The molecular formula is C16H13Br2NO4. The maximum Gasteiger partial charge on any atom is 0.335 e. The third-order valence-corrected chi connectivity index (χ3v) is 8.57. The lowest BCUT2D eigenvalue weighted by atomic mass is 9.81. The van der Waals surface area contributed by atoms with Crippen LogP contribution in [0.3, 0.4) is 0 Å². The number of carbonyl (C=O) groups excluding carboxylic acids is 2. The van der Waals surface area contributed by atoms with E-state index < -0.39 is 5.97 Å². The molecule has 0 spiro atoms. The molecule has 0 unspecified atom stereocenters. The predicted molar refractivity (Wildman–Crippen MR) is 89.9 cm³/mol. The van der Waals surface area contributed by atoms with Crippen LogP contribution in [-0.4, -0.2) is 32.5 Å². The van der Waals surface area contributed by atoms with Gasteiger partial charge in [-0.1, -0.05) is 31.9 Å². The van der Waals surface area contributed by atoms with Crippen LogP contribution in [0.25, 0.3) is 0 Å². The number of hydrogen-bond donors (Lipinski definition) is 1. The Kier molecular flexibility index (Phi) is 3.43. The number of anilines is 1. The molecule has 2 saturated carbocycles. The first-order valence-electron chi connectivity index (χ1n) is 7.41. The van der Waals surface area contributed by atoms with Crippen LogP contribution in [0, 0.1) is 23.7 Å². The van der Waals surface area contributed by atoms with Crippen molar-refractivity contribution in [2.75, 3.05) is 4.90 Å². The Hall–Kier alpha value is -1.21. The molecule has 2 amide bonds. The van der Waals surface area contributed by atoms with Gasteiger partial charge in [-0.3, -0.25) is 14.5 Å². The number of fused-ring (bicyclic) bond motifs is 5. The Balaban J connectivity index is 1.68. The second-order valence-electron chi connectivity index (χ2n) is 6.37. The molecule has 3 fully saturated rings. The van der Waals surface area contributed by atoms with Crippen LogP contribution >= 0.6 is 31.9 Å². The molecule has 2 aliphatic carbocycles. The van der Waals surface area contributed by atoms with Crippen LogP contribution in [0.15, 0.2) is 24.3 Å². The number of carbonyl (C=O) groups is 3. The van der Waals surface area contributed by atoms with E-state index in [1.54, 1.807) is 0 Å². The van der Waals surface area contributed by atoms with E-state index >= 15 is 0 Å². The van der Waals surface area contributed by atoms with Crippen molar-refractivity contribution in [3.8, 4) is 0 Å². The van der Waals surface area contributed by atoms with Gasteiger partial charge in [0.25, 0.3) is 0 Å². The minimum absolute atomic E-state index is 0.133. The quantitative estimate of drug-likeness (QED) is 0.564. The van der Waals surface area contributed by atoms with Crippen molar-refractivity contribution in [1.29, 1.82) is 0 Å². The molecule has 1 aromatic carbocycles. The Labute approximate surface area is 149 Å². The Morgan fingerprint density at radius 1 is 1.00 bits per heavy atom. The van der Waals surface area contributed by atoms with Gasteiger partial charge in [0.05, 0.1) is 23.1 Å². The SMILES string of the molecule is O=C(O)c1ccc(N2C(=O)[C@H]3[C@@H]4C[C@@H]([C@H](Br)[C@@H]4Br)[C@@H]3C2=O)cc1. The van der Waals surface area contributed by atoms with Gasteiger partial charge >= 0.3 is 5.97 Å². The number of rotatable bonds is 2. The first-order valence-corrected chi connectivity index (χ1v) is 9.24. The van der Waals surface area contributed by atoms with Gasteiger partial charge in [0, 0.05) is 9.65 Å². The summed E-state index contributed by atoms with van der Waals surface area (Å²) in [4.78, 5) is 38.2. The maximum atomic E-state index is 12.8. The minimum Gasteiger partial charge on any atom is -0.478 e. The van der Waals surface area contributed by atoms with E-state index in [1.807, 2.05) is 0 Å². The van der Waals surface area contributed by atoms with Crippen molar-refractivity contribution < 1.29 is 19.5 Å². The van der Waals surface area contributed by atoms with Crippen molar-refractivity contribution in [2.24, 2.45) is 23.7 Å². The number of carboxylic acids is 1. The van der Waals surface area contributed by atoms with E-state index in [0.717, 1.165) is 6.42 Å². The van der Waals surface area contributed by atoms with Crippen LogP contribution in [0.4, 0.5) is 5.69 Å². The first-order chi connectivity index (χ1) is 10.9. The summed E-state index contributed by atoms with van der Waals surface area (Å²) in [5, 5.41) is 8.95. The van der Waals surface area contributed by atoms with Crippen molar-refractivity contribution in [3.05, 3.63) is 29.8 Å². The van der Waals surface area contributed by atoms with Gasteiger partial charge in [-0.2, -0.15) is 0 Å². The lowest BCUT2D eigenvalue weighted by Gasteiger charge is -2.28. The molecule has 7 heteroatoms. The molecule has 120 valence electrons. The number of aromatic carboxylic acids is 1. The lowest BCUT2D eigenvalue weighted by Crippen LogP contribution is -2.37. The lowest BCUT2D eigenvalue weighted by molar-refractivity contribution is -0.123. The second-order valence-corrected chi connectivity index (χ2v) is 8.48. The summed E-state index contributed by atoms with van der Waals surface area (Å²) in [6, 6.07) is 5.89. The molecular weight excluding hydrogens is 430 g/mol. The van der Waals surface area contributed by atoms with Crippen LogP contribution < -0.4 is 4.90 Å². The smallest absolute Gasteiger partial charge is 0.335 e. The molecule has 23 heavy (non-hydrogen) atoms. The Bertz CT molecular complexity index is 687. The third-order valence-electron chi connectivity index (χ3n) is 5.36. The van der Waals surface area contributed by atoms with Gasteiger partial charge < -0.3 is 5.11 Å². The zero-order valence-corrected chi connectivity index (χ0v) is 15.0. The Morgan fingerprint density at radius 2 is 1.48 bits per heavy atom. The fourth-order valence-electron chi connectivity index (χ4n) is 4.36. The standard InChI is InChI=1S/C16H13Br2NO4/c17-12-8-5-9(13(12)18)11-10(8)14(20)19(15(11)21)7-3-1-6(2-4-7)16(22)23/h1-4,8-13H,5H2,(H,22,23)/t8-,9+,10-,11-,12+,13-/m0/s1. The summed E-state index contributed by atoms with van der Waals surface area (Å²) in [7, 11) is 0. The third kappa shape index (κ3) is 1.99. The number of carboxylic acid groups (broad SMARTS) is 1. The molecule has 0 aromatic heterocycles. The summed E-state index contributed by atoms with van der Waals surface area (Å²) < 4.78 is 0. The number of nitrogens with zero attached hydrogens (tertiary/aromatic N) is 1. The number of alkyl halides is 2.